The smallest absolute Gasteiger partial charge is 0.178 e. The number of nitrogens with two attached hydrogens (primary N) is 1. The SMILES string of the molecule is CC1(C)CC[C@H]2C(=O)C=C3[C@@]4(C)C=C(C#N)C(=O)C(C)(C)[C@@H]4CC[C@@]3(C)[C@]2(C)CC[C@@](C)(N)CC1. The zero-order chi connectivity index (χ0) is 26.2. The maximum absolute atomic E-state index is 14.0. The minimum absolute atomic E-state index is 0.0257. The number of hydrogen-bond acceptors (Lipinski definition) is 4. The van der Waals surface area contributed by atoms with Crippen LogP contribution in [0, 0.1) is 50.2 Å². The summed E-state index contributed by atoms with van der Waals surface area (Å²) in [6.07, 6.45) is 11.6. The lowest BCUT2D eigenvalue weighted by Crippen LogP contribution is -2.60. The molecular formula is C31H46N2O2. The number of hydrogen-bond donors (Lipinski definition) is 1. The molecule has 0 unspecified atom stereocenters. The summed E-state index contributed by atoms with van der Waals surface area (Å²) >= 11 is 0. The van der Waals surface area contributed by atoms with Gasteiger partial charge in [-0.15, -0.1) is 0 Å². The molecule has 4 aliphatic rings. The molecule has 4 heteroatoms. The van der Waals surface area contributed by atoms with Gasteiger partial charge in [-0.2, -0.15) is 5.26 Å². The Kier molecular flexibility index (Phi) is 5.93. The van der Waals surface area contributed by atoms with Gasteiger partial charge in [0.15, 0.2) is 11.6 Å². The van der Waals surface area contributed by atoms with E-state index in [0.717, 1.165) is 56.9 Å². The molecule has 2 fully saturated rings. The fourth-order valence-electron chi connectivity index (χ4n) is 8.61. The molecule has 35 heavy (non-hydrogen) atoms. The van der Waals surface area contributed by atoms with Crippen LogP contribution in [-0.4, -0.2) is 17.1 Å². The Morgan fingerprint density at radius 3 is 2.14 bits per heavy atom. The lowest BCUT2D eigenvalue weighted by molar-refractivity contribution is -0.139. The largest absolute Gasteiger partial charge is 0.325 e. The molecule has 4 nitrogen and oxygen atoms in total. The van der Waals surface area contributed by atoms with Crippen molar-refractivity contribution in [3.8, 4) is 6.07 Å². The Morgan fingerprint density at radius 1 is 0.886 bits per heavy atom. The van der Waals surface area contributed by atoms with E-state index in [-0.39, 0.29) is 50.8 Å². The molecule has 2 saturated carbocycles. The highest BCUT2D eigenvalue weighted by Crippen LogP contribution is 2.70. The van der Waals surface area contributed by atoms with Crippen LogP contribution in [0.15, 0.2) is 23.3 Å². The number of nitriles is 1. The molecule has 0 aliphatic heterocycles. The van der Waals surface area contributed by atoms with Gasteiger partial charge < -0.3 is 5.73 Å². The highest BCUT2D eigenvalue weighted by Gasteiger charge is 2.65. The van der Waals surface area contributed by atoms with Gasteiger partial charge >= 0.3 is 0 Å². The second-order valence-electron chi connectivity index (χ2n) is 14.7. The summed E-state index contributed by atoms with van der Waals surface area (Å²) in [5.41, 5.74) is 6.63. The van der Waals surface area contributed by atoms with Crippen LogP contribution < -0.4 is 5.73 Å². The van der Waals surface area contributed by atoms with Crippen molar-refractivity contribution in [3.05, 3.63) is 23.3 Å². The Bertz CT molecular complexity index is 1050. The predicted octanol–water partition coefficient (Wildman–Crippen LogP) is 6.70. The lowest BCUT2D eigenvalue weighted by Gasteiger charge is -2.65. The van der Waals surface area contributed by atoms with Crippen LogP contribution in [0.3, 0.4) is 0 Å². The van der Waals surface area contributed by atoms with E-state index in [9.17, 15) is 14.9 Å². The van der Waals surface area contributed by atoms with Gasteiger partial charge in [-0.3, -0.25) is 9.59 Å². The predicted molar refractivity (Wildman–Crippen MR) is 140 cm³/mol. The Hall–Kier alpha value is -1.73. The van der Waals surface area contributed by atoms with Gasteiger partial charge in [-0.25, -0.2) is 0 Å². The lowest BCUT2D eigenvalue weighted by atomic mass is 9.38. The van der Waals surface area contributed by atoms with Crippen molar-refractivity contribution in [1.29, 1.82) is 5.26 Å². The quantitative estimate of drug-likeness (QED) is 0.420. The van der Waals surface area contributed by atoms with Gasteiger partial charge in [0.05, 0.1) is 5.57 Å². The van der Waals surface area contributed by atoms with Crippen LogP contribution in [0.2, 0.25) is 0 Å². The van der Waals surface area contributed by atoms with Gasteiger partial charge in [-0.1, -0.05) is 60.1 Å². The van der Waals surface area contributed by atoms with Gasteiger partial charge in [-0.05, 0) is 86.5 Å². The number of carbonyl (C=O) groups is 2. The van der Waals surface area contributed by atoms with E-state index >= 15 is 0 Å². The summed E-state index contributed by atoms with van der Waals surface area (Å²) in [6.45, 7) is 17.7. The topological polar surface area (TPSA) is 84.0 Å². The normalized spacial score (nSPS) is 45.1. The molecule has 0 aromatic carbocycles. The molecule has 0 saturated heterocycles. The van der Waals surface area contributed by atoms with Crippen LogP contribution in [-0.2, 0) is 9.59 Å². The molecule has 0 spiro atoms. The third kappa shape index (κ3) is 3.79. The third-order valence-corrected chi connectivity index (χ3v) is 11.5. The van der Waals surface area contributed by atoms with Crippen LogP contribution >= 0.6 is 0 Å². The van der Waals surface area contributed by atoms with Crippen LogP contribution in [0.1, 0.15) is 107 Å². The molecule has 4 aliphatic carbocycles. The van der Waals surface area contributed by atoms with Crippen molar-refractivity contribution in [2.24, 2.45) is 44.6 Å². The van der Waals surface area contributed by atoms with Crippen molar-refractivity contribution in [3.63, 3.8) is 0 Å². The molecule has 6 atom stereocenters. The molecule has 192 valence electrons. The van der Waals surface area contributed by atoms with Crippen LogP contribution in [0.4, 0.5) is 0 Å². The third-order valence-electron chi connectivity index (χ3n) is 11.5. The maximum atomic E-state index is 14.0. The average Bonchev–Trinajstić information content (AvgIpc) is 2.75. The van der Waals surface area contributed by atoms with Gasteiger partial charge in [0.25, 0.3) is 0 Å². The summed E-state index contributed by atoms with van der Waals surface area (Å²) in [6, 6.07) is 2.19. The van der Waals surface area contributed by atoms with Crippen LogP contribution in [0.25, 0.3) is 0 Å². The highest BCUT2D eigenvalue weighted by atomic mass is 16.1. The van der Waals surface area contributed by atoms with Crippen molar-refractivity contribution in [2.75, 3.05) is 0 Å². The fourth-order valence-corrected chi connectivity index (χ4v) is 8.61. The monoisotopic (exact) mass is 478 g/mol. The first kappa shape index (κ1) is 26.3. The van der Waals surface area contributed by atoms with Gasteiger partial charge in [0, 0.05) is 22.3 Å². The number of Topliss-reactive ketones (excluding diaryl/α,β-unsaturated/α-hetero) is 1. The van der Waals surface area contributed by atoms with Gasteiger partial charge in [0.2, 0.25) is 0 Å². The molecule has 0 bridgehead atoms. The molecule has 0 aromatic heterocycles. The highest BCUT2D eigenvalue weighted by molar-refractivity contribution is 6.04. The summed E-state index contributed by atoms with van der Waals surface area (Å²) < 4.78 is 0. The summed E-state index contributed by atoms with van der Waals surface area (Å²) in [5.74, 6) is 0.226. The van der Waals surface area contributed by atoms with E-state index in [1.807, 2.05) is 26.0 Å². The number of ketones is 2. The van der Waals surface area contributed by atoms with Crippen molar-refractivity contribution >= 4 is 11.6 Å². The zero-order valence-electron chi connectivity index (χ0n) is 23.3. The molecule has 4 rings (SSSR count). The van der Waals surface area contributed by atoms with E-state index in [4.69, 9.17) is 5.73 Å². The fraction of sp³-hybridized carbons (Fsp3) is 0.774. The zero-order valence-corrected chi connectivity index (χ0v) is 23.3. The molecule has 2 N–H and O–H groups in total. The van der Waals surface area contributed by atoms with Crippen molar-refractivity contribution in [2.45, 2.75) is 112 Å². The maximum Gasteiger partial charge on any atom is 0.178 e. The van der Waals surface area contributed by atoms with E-state index < -0.39 is 10.8 Å². The number of allylic oxidation sites excluding steroid dienone is 4. The molecule has 0 heterocycles. The Balaban J connectivity index is 1.90. The summed E-state index contributed by atoms with van der Waals surface area (Å²) in [5, 5.41) is 9.84. The first-order valence-corrected chi connectivity index (χ1v) is 13.7. The Morgan fingerprint density at radius 2 is 1.51 bits per heavy atom. The van der Waals surface area contributed by atoms with Crippen LogP contribution in [0.5, 0.6) is 0 Å². The number of rotatable bonds is 0. The minimum Gasteiger partial charge on any atom is -0.325 e. The second kappa shape index (κ2) is 7.88. The Labute approximate surface area is 212 Å². The standard InChI is InChI=1S/C31H46N2O2/c1-26(2)11-9-21-22(34)17-24-29(6)18-20(19-32)25(35)27(3,4)23(29)10-12-31(24,8)30(21,7)16-15-28(5,33)14-13-26/h17-18,21,23H,9-16,33H2,1-8H3/t21-,23-,28-,29-,30+,31+/m0/s1. The molecule has 0 aromatic rings. The second-order valence-corrected chi connectivity index (χ2v) is 14.7. The van der Waals surface area contributed by atoms with E-state index in [1.54, 1.807) is 0 Å². The number of carbonyl (C=O) groups excluding carboxylic acids is 2. The number of nitrogens with zero attached hydrogens (tertiary/aromatic N) is 1. The van der Waals surface area contributed by atoms with Gasteiger partial charge in [0.1, 0.15) is 6.07 Å². The van der Waals surface area contributed by atoms with E-state index in [2.05, 4.69) is 47.6 Å². The molecular weight excluding hydrogens is 432 g/mol. The van der Waals surface area contributed by atoms with Crippen molar-refractivity contribution in [1.82, 2.24) is 0 Å². The van der Waals surface area contributed by atoms with Crippen molar-refractivity contribution < 1.29 is 9.59 Å². The van der Waals surface area contributed by atoms with E-state index in [0.29, 0.717) is 0 Å². The number of fused-ring (bicyclic) bond motifs is 5. The first-order valence-electron chi connectivity index (χ1n) is 13.7. The minimum atomic E-state index is -0.631. The average molecular weight is 479 g/mol. The summed E-state index contributed by atoms with van der Waals surface area (Å²) in [7, 11) is 0. The first-order chi connectivity index (χ1) is 15.9. The summed E-state index contributed by atoms with van der Waals surface area (Å²) in [4.78, 5) is 27.2. The van der Waals surface area contributed by atoms with E-state index in [1.165, 1.54) is 0 Å². The molecule has 0 radical (unpaired) electrons. The molecule has 0 amide bonds.